The summed E-state index contributed by atoms with van der Waals surface area (Å²) < 4.78 is 42.6. The van der Waals surface area contributed by atoms with Gasteiger partial charge in [0.25, 0.3) is 8.87 Å². The minimum absolute atomic E-state index is 0.568. The molecule has 0 aliphatic carbocycles. The van der Waals surface area contributed by atoms with Crippen molar-refractivity contribution in [2.45, 2.75) is 4.90 Å². The highest BCUT2D eigenvalue weighted by atomic mass is 33.1. The maximum Gasteiger partial charge on any atom is 0.283 e. The third kappa shape index (κ3) is 1.81. The fourth-order valence-electron chi connectivity index (χ4n) is 0.756. The van der Waals surface area contributed by atoms with Gasteiger partial charge in [0.2, 0.25) is 9.74 Å². The van der Waals surface area contributed by atoms with Crippen LogP contribution in [0.2, 0.25) is 0 Å². The van der Waals surface area contributed by atoms with E-state index in [9.17, 15) is 16.8 Å². The SMILES string of the molecule is O=[SH](=O)S(=O)(=O)c1ccccc1O. The van der Waals surface area contributed by atoms with Gasteiger partial charge in [0, 0.05) is 0 Å². The van der Waals surface area contributed by atoms with Crippen molar-refractivity contribution >= 4 is 18.6 Å². The highest BCUT2D eigenvalue weighted by Gasteiger charge is 2.20. The van der Waals surface area contributed by atoms with Crippen LogP contribution in [0.15, 0.2) is 29.2 Å². The van der Waals surface area contributed by atoms with Crippen LogP contribution >= 0.6 is 0 Å². The Kier molecular flexibility index (Phi) is 2.58. The van der Waals surface area contributed by atoms with E-state index in [4.69, 9.17) is 5.11 Å². The fourth-order valence-corrected chi connectivity index (χ4v) is 2.44. The van der Waals surface area contributed by atoms with Crippen LogP contribution in [0.1, 0.15) is 0 Å². The monoisotopic (exact) mass is 222 g/mol. The van der Waals surface area contributed by atoms with Gasteiger partial charge in [-0.25, -0.2) is 16.8 Å². The number of rotatable bonds is 2. The predicted octanol–water partition coefficient (Wildman–Crippen LogP) is -0.308. The van der Waals surface area contributed by atoms with E-state index >= 15 is 0 Å². The number of benzene rings is 1. The molecule has 0 unspecified atom stereocenters. The van der Waals surface area contributed by atoms with Gasteiger partial charge < -0.3 is 5.11 Å². The van der Waals surface area contributed by atoms with Gasteiger partial charge in [-0.1, -0.05) is 12.1 Å². The van der Waals surface area contributed by atoms with Crippen molar-refractivity contribution in [1.82, 2.24) is 0 Å². The van der Waals surface area contributed by atoms with E-state index in [1.54, 1.807) is 0 Å². The van der Waals surface area contributed by atoms with Crippen LogP contribution < -0.4 is 0 Å². The first-order valence-corrected chi connectivity index (χ1v) is 6.40. The first-order chi connectivity index (χ1) is 5.96. The third-order valence-electron chi connectivity index (χ3n) is 1.34. The Bertz CT molecular complexity index is 478. The summed E-state index contributed by atoms with van der Waals surface area (Å²) in [6.07, 6.45) is 0. The van der Waals surface area contributed by atoms with E-state index in [2.05, 4.69) is 0 Å². The number of phenolic OH excluding ortho intramolecular Hbond substituents is 1. The molecule has 0 amide bonds. The lowest BCUT2D eigenvalue weighted by Gasteiger charge is -1.98. The molecule has 0 aliphatic heterocycles. The zero-order valence-electron chi connectivity index (χ0n) is 6.25. The summed E-state index contributed by atoms with van der Waals surface area (Å²) in [5, 5.41) is 9.05. The molecule has 0 spiro atoms. The van der Waals surface area contributed by atoms with Crippen molar-refractivity contribution in [1.29, 1.82) is 0 Å². The van der Waals surface area contributed by atoms with Crippen LogP contribution in [-0.4, -0.2) is 21.9 Å². The lowest BCUT2D eigenvalue weighted by molar-refractivity contribution is 0.459. The Morgan fingerprint density at radius 3 is 2.15 bits per heavy atom. The Morgan fingerprint density at radius 2 is 1.69 bits per heavy atom. The van der Waals surface area contributed by atoms with Gasteiger partial charge in [-0.05, 0) is 12.1 Å². The first-order valence-electron chi connectivity index (χ1n) is 3.14. The summed E-state index contributed by atoms with van der Waals surface area (Å²) in [4.78, 5) is -0.592. The quantitative estimate of drug-likeness (QED) is 0.529. The molecule has 0 heterocycles. The minimum Gasteiger partial charge on any atom is -0.507 e. The molecule has 0 aliphatic rings. The second-order valence-corrected chi connectivity index (χ2v) is 6.34. The van der Waals surface area contributed by atoms with Crippen LogP contribution in [0.3, 0.4) is 0 Å². The molecule has 1 N–H and O–H groups in total. The molecule has 72 valence electrons. The molecule has 0 aromatic heterocycles. The van der Waals surface area contributed by atoms with Gasteiger partial charge in [-0.15, -0.1) is 0 Å². The number of thiol groups is 1. The topological polar surface area (TPSA) is 88.5 Å². The largest absolute Gasteiger partial charge is 0.507 e. The molecule has 1 aromatic carbocycles. The van der Waals surface area contributed by atoms with Crippen molar-refractivity contribution in [3.63, 3.8) is 0 Å². The van der Waals surface area contributed by atoms with Gasteiger partial charge in [0.05, 0.1) is 0 Å². The normalized spacial score (nSPS) is 11.8. The molecule has 1 rings (SSSR count). The maximum atomic E-state index is 11.0. The molecule has 0 saturated carbocycles. The molecule has 13 heavy (non-hydrogen) atoms. The van der Waals surface area contributed by atoms with E-state index in [-0.39, 0.29) is 0 Å². The lowest BCUT2D eigenvalue weighted by atomic mass is 10.3. The van der Waals surface area contributed by atoms with Crippen molar-refractivity contribution in [2.24, 2.45) is 0 Å². The number of aromatic hydroxyl groups is 1. The smallest absolute Gasteiger partial charge is 0.283 e. The average molecular weight is 222 g/mol. The van der Waals surface area contributed by atoms with E-state index in [1.807, 2.05) is 0 Å². The standard InChI is InChI=1S/C6H6O5S2/c7-5-3-1-2-4-6(5)13(10,11)12(8)9/h1-4,7,12H. The Hall–Kier alpha value is -1.08. The Labute approximate surface area is 75.9 Å². The van der Waals surface area contributed by atoms with Crippen LogP contribution in [0.25, 0.3) is 0 Å². The first kappa shape index (κ1) is 10.0. The van der Waals surface area contributed by atoms with Gasteiger partial charge in [0.1, 0.15) is 10.6 Å². The van der Waals surface area contributed by atoms with Crippen molar-refractivity contribution in [3.8, 4) is 5.75 Å². The van der Waals surface area contributed by atoms with E-state index in [0.717, 1.165) is 12.1 Å². The summed E-state index contributed by atoms with van der Waals surface area (Å²) in [5.74, 6) is -0.568. The van der Waals surface area contributed by atoms with Gasteiger partial charge in [0.15, 0.2) is 0 Å². The summed E-state index contributed by atoms with van der Waals surface area (Å²) in [6.45, 7) is 0. The van der Waals surface area contributed by atoms with E-state index in [0.29, 0.717) is 0 Å². The van der Waals surface area contributed by atoms with E-state index in [1.165, 1.54) is 12.1 Å². The molecule has 0 radical (unpaired) electrons. The average Bonchev–Trinajstić information content (AvgIpc) is 2.04. The Balaban J connectivity index is 3.49. The van der Waals surface area contributed by atoms with Gasteiger partial charge >= 0.3 is 0 Å². The molecule has 0 fully saturated rings. The van der Waals surface area contributed by atoms with Crippen LogP contribution in [0.5, 0.6) is 5.75 Å². The molecular formula is C6H6O5S2. The zero-order chi connectivity index (χ0) is 10.1. The zero-order valence-corrected chi connectivity index (χ0v) is 7.96. The van der Waals surface area contributed by atoms with E-state index < -0.39 is 29.3 Å². The summed E-state index contributed by atoms with van der Waals surface area (Å²) in [6, 6.07) is 4.85. The summed E-state index contributed by atoms with van der Waals surface area (Å²) >= 11 is 0. The number of phenols is 1. The van der Waals surface area contributed by atoms with Gasteiger partial charge in [-0.3, -0.25) is 0 Å². The molecule has 1 aromatic rings. The molecular weight excluding hydrogens is 216 g/mol. The van der Waals surface area contributed by atoms with Crippen molar-refractivity contribution in [2.75, 3.05) is 0 Å². The molecule has 5 nitrogen and oxygen atoms in total. The summed E-state index contributed by atoms with van der Waals surface area (Å²) in [5.41, 5.74) is 0. The maximum absolute atomic E-state index is 11.0. The van der Waals surface area contributed by atoms with Crippen molar-refractivity contribution < 1.29 is 21.9 Å². The van der Waals surface area contributed by atoms with Crippen LogP contribution in [0.4, 0.5) is 0 Å². The highest BCUT2D eigenvalue weighted by Crippen LogP contribution is 2.22. The second-order valence-electron chi connectivity index (χ2n) is 2.17. The summed E-state index contributed by atoms with van der Waals surface area (Å²) in [7, 11) is -8.03. The number of para-hydroxylation sites is 1. The molecule has 0 bridgehead atoms. The Morgan fingerprint density at radius 1 is 1.15 bits per heavy atom. The van der Waals surface area contributed by atoms with Gasteiger partial charge in [-0.2, -0.15) is 0 Å². The predicted molar refractivity (Wildman–Crippen MR) is 45.6 cm³/mol. The lowest BCUT2D eigenvalue weighted by Crippen LogP contribution is -2.02. The second kappa shape index (κ2) is 3.35. The molecule has 7 heteroatoms. The highest BCUT2D eigenvalue weighted by molar-refractivity contribution is 8.59. The third-order valence-corrected chi connectivity index (χ3v) is 4.40. The minimum atomic E-state index is -4.40. The molecule has 0 atom stereocenters. The fraction of sp³-hybridized carbons (Fsp3) is 0. The van der Waals surface area contributed by atoms with Crippen LogP contribution in [-0.2, 0) is 18.6 Å². The van der Waals surface area contributed by atoms with Crippen molar-refractivity contribution in [3.05, 3.63) is 24.3 Å². The number of hydrogen-bond donors (Lipinski definition) is 2. The molecule has 0 saturated heterocycles. The van der Waals surface area contributed by atoms with Crippen LogP contribution in [0, 0.1) is 0 Å². The number of hydrogen-bond acceptors (Lipinski definition) is 5.